The first kappa shape index (κ1) is 8.53. The lowest BCUT2D eigenvalue weighted by molar-refractivity contribution is 0.749. The number of nitrogens with two attached hydrogens (primary N) is 1. The lowest BCUT2D eigenvalue weighted by atomic mass is 10.1. The third-order valence-electron chi connectivity index (χ3n) is 2.83. The van der Waals surface area contributed by atoms with Gasteiger partial charge in [0, 0.05) is 23.3 Å². The Kier molecular flexibility index (Phi) is 1.90. The molecule has 1 aromatic heterocycles. The van der Waals surface area contributed by atoms with Crippen molar-refractivity contribution in [1.82, 2.24) is 9.97 Å². The van der Waals surface area contributed by atoms with Gasteiger partial charge in [-0.3, -0.25) is 0 Å². The highest BCUT2D eigenvalue weighted by Gasteiger charge is 2.30. The maximum absolute atomic E-state index is 5.86. The largest absolute Gasteiger partial charge is 0.396 e. The van der Waals surface area contributed by atoms with Crippen molar-refractivity contribution in [2.24, 2.45) is 0 Å². The van der Waals surface area contributed by atoms with E-state index in [4.69, 9.17) is 5.73 Å². The van der Waals surface area contributed by atoms with E-state index in [0.717, 1.165) is 17.2 Å². The van der Waals surface area contributed by atoms with Crippen molar-refractivity contribution in [3.63, 3.8) is 0 Å². The minimum atomic E-state index is 0.582. The van der Waals surface area contributed by atoms with E-state index in [9.17, 15) is 0 Å². The molecule has 3 nitrogen and oxygen atoms in total. The monoisotopic (exact) mass is 207 g/mol. The van der Waals surface area contributed by atoms with E-state index in [2.05, 4.69) is 9.97 Å². The van der Waals surface area contributed by atoms with Gasteiger partial charge in [0.2, 0.25) is 0 Å². The molecule has 2 heterocycles. The summed E-state index contributed by atoms with van der Waals surface area (Å²) in [6, 6.07) is 0. The smallest absolute Gasteiger partial charge is 0.133 e. The highest BCUT2D eigenvalue weighted by molar-refractivity contribution is 8.00. The second-order valence-corrected chi connectivity index (χ2v) is 5.15. The summed E-state index contributed by atoms with van der Waals surface area (Å²) in [6.07, 6.45) is 4.29. The third-order valence-corrected chi connectivity index (χ3v) is 4.11. The van der Waals surface area contributed by atoms with Gasteiger partial charge in [-0.1, -0.05) is 0 Å². The average Bonchev–Trinajstić information content (AvgIpc) is 2.88. The number of rotatable bonds is 2. The lowest BCUT2D eigenvalue weighted by Gasteiger charge is -2.23. The maximum Gasteiger partial charge on any atom is 0.133 e. The molecule has 14 heavy (non-hydrogen) atoms. The standard InChI is InChI=1S/C10H13N3S/c11-8-3-12-10(7-4-14-5-7)13-9(8)6-1-2-6/h3,6-7H,1-2,4-5,11H2. The van der Waals surface area contributed by atoms with Crippen LogP contribution in [0.5, 0.6) is 0 Å². The number of nitrogens with zero attached hydrogens (tertiary/aromatic N) is 2. The van der Waals surface area contributed by atoms with E-state index in [1.807, 2.05) is 11.8 Å². The molecule has 0 amide bonds. The Bertz CT molecular complexity index is 358. The second-order valence-electron chi connectivity index (χ2n) is 4.08. The van der Waals surface area contributed by atoms with Gasteiger partial charge in [0.1, 0.15) is 5.82 Å². The Hall–Kier alpha value is -0.770. The first-order valence-corrected chi connectivity index (χ1v) is 6.20. The summed E-state index contributed by atoms with van der Waals surface area (Å²) in [7, 11) is 0. The molecule has 74 valence electrons. The van der Waals surface area contributed by atoms with Crippen molar-refractivity contribution in [1.29, 1.82) is 0 Å². The predicted octanol–water partition coefficient (Wildman–Crippen LogP) is 1.77. The van der Waals surface area contributed by atoms with E-state index in [0.29, 0.717) is 11.8 Å². The lowest BCUT2D eigenvalue weighted by Crippen LogP contribution is -2.19. The summed E-state index contributed by atoms with van der Waals surface area (Å²) in [5.74, 6) is 4.57. The van der Waals surface area contributed by atoms with Gasteiger partial charge in [-0.05, 0) is 12.8 Å². The number of anilines is 1. The van der Waals surface area contributed by atoms with Crippen LogP contribution in [0.1, 0.15) is 36.2 Å². The SMILES string of the molecule is Nc1cnc(C2CSC2)nc1C1CC1. The van der Waals surface area contributed by atoms with Gasteiger partial charge in [0.25, 0.3) is 0 Å². The minimum absolute atomic E-state index is 0.582. The summed E-state index contributed by atoms with van der Waals surface area (Å²) in [6.45, 7) is 0. The molecule has 0 unspecified atom stereocenters. The van der Waals surface area contributed by atoms with Gasteiger partial charge in [-0.25, -0.2) is 9.97 Å². The van der Waals surface area contributed by atoms with Crippen LogP contribution in [0.3, 0.4) is 0 Å². The average molecular weight is 207 g/mol. The van der Waals surface area contributed by atoms with Gasteiger partial charge in [-0.15, -0.1) is 0 Å². The molecule has 0 spiro atoms. The fourth-order valence-corrected chi connectivity index (χ4v) is 2.45. The minimum Gasteiger partial charge on any atom is -0.396 e. The third kappa shape index (κ3) is 1.38. The second kappa shape index (κ2) is 3.12. The Morgan fingerprint density at radius 1 is 1.29 bits per heavy atom. The molecule has 1 aliphatic carbocycles. The van der Waals surface area contributed by atoms with E-state index < -0.39 is 0 Å². The Balaban J connectivity index is 1.93. The van der Waals surface area contributed by atoms with Crippen LogP contribution < -0.4 is 5.73 Å². The summed E-state index contributed by atoms with van der Waals surface area (Å²) in [5.41, 5.74) is 7.74. The van der Waals surface area contributed by atoms with E-state index >= 15 is 0 Å². The molecule has 2 fully saturated rings. The zero-order valence-corrected chi connectivity index (χ0v) is 8.76. The maximum atomic E-state index is 5.86. The fraction of sp³-hybridized carbons (Fsp3) is 0.600. The predicted molar refractivity (Wildman–Crippen MR) is 58.5 cm³/mol. The Labute approximate surface area is 87.5 Å². The molecule has 3 rings (SSSR count). The Morgan fingerprint density at radius 3 is 2.64 bits per heavy atom. The zero-order valence-electron chi connectivity index (χ0n) is 7.94. The normalized spacial score (nSPS) is 22.0. The topological polar surface area (TPSA) is 51.8 Å². The quantitative estimate of drug-likeness (QED) is 0.803. The summed E-state index contributed by atoms with van der Waals surface area (Å²) < 4.78 is 0. The van der Waals surface area contributed by atoms with Crippen molar-refractivity contribution in [2.45, 2.75) is 24.7 Å². The molecule has 4 heteroatoms. The van der Waals surface area contributed by atoms with Crippen LogP contribution in [0.15, 0.2) is 6.20 Å². The molecule has 0 radical (unpaired) electrons. The van der Waals surface area contributed by atoms with Crippen LogP contribution in [0.4, 0.5) is 5.69 Å². The molecule has 2 N–H and O–H groups in total. The summed E-state index contributed by atoms with van der Waals surface area (Å²) in [5, 5.41) is 0. The Morgan fingerprint density at radius 2 is 2.07 bits per heavy atom. The van der Waals surface area contributed by atoms with Crippen LogP contribution in [-0.2, 0) is 0 Å². The first-order chi connectivity index (χ1) is 6.84. The van der Waals surface area contributed by atoms with Crippen LogP contribution in [0.25, 0.3) is 0 Å². The van der Waals surface area contributed by atoms with Crippen molar-refractivity contribution in [3.8, 4) is 0 Å². The molecule has 1 aliphatic heterocycles. The van der Waals surface area contributed by atoms with Crippen molar-refractivity contribution >= 4 is 17.4 Å². The van der Waals surface area contributed by atoms with E-state index in [1.165, 1.54) is 24.3 Å². The number of nitrogen functional groups attached to an aromatic ring is 1. The molecule has 0 atom stereocenters. The molecule has 2 aliphatic rings. The molecular weight excluding hydrogens is 194 g/mol. The number of aromatic nitrogens is 2. The van der Waals surface area contributed by atoms with Crippen molar-refractivity contribution in [3.05, 3.63) is 17.7 Å². The van der Waals surface area contributed by atoms with Crippen molar-refractivity contribution < 1.29 is 0 Å². The highest BCUT2D eigenvalue weighted by atomic mass is 32.2. The van der Waals surface area contributed by atoms with E-state index in [1.54, 1.807) is 6.20 Å². The van der Waals surface area contributed by atoms with Crippen LogP contribution >= 0.6 is 11.8 Å². The summed E-state index contributed by atoms with van der Waals surface area (Å²) in [4.78, 5) is 8.93. The van der Waals surface area contributed by atoms with Gasteiger partial charge in [-0.2, -0.15) is 11.8 Å². The van der Waals surface area contributed by atoms with E-state index in [-0.39, 0.29) is 0 Å². The molecule has 0 bridgehead atoms. The van der Waals surface area contributed by atoms with Gasteiger partial charge in [0.15, 0.2) is 0 Å². The van der Waals surface area contributed by atoms with Gasteiger partial charge in [0.05, 0.1) is 17.6 Å². The molecular formula is C10H13N3S. The summed E-state index contributed by atoms with van der Waals surface area (Å²) >= 11 is 1.96. The van der Waals surface area contributed by atoms with Crippen molar-refractivity contribution in [2.75, 3.05) is 17.2 Å². The van der Waals surface area contributed by atoms with Crippen LogP contribution in [0.2, 0.25) is 0 Å². The molecule has 1 saturated heterocycles. The molecule has 0 aromatic carbocycles. The van der Waals surface area contributed by atoms with Gasteiger partial charge >= 0.3 is 0 Å². The number of hydrogen-bond acceptors (Lipinski definition) is 4. The molecule has 1 aromatic rings. The van der Waals surface area contributed by atoms with Crippen LogP contribution in [-0.4, -0.2) is 21.5 Å². The van der Waals surface area contributed by atoms with Crippen LogP contribution in [0, 0.1) is 0 Å². The number of thioether (sulfide) groups is 1. The first-order valence-electron chi connectivity index (χ1n) is 5.04. The zero-order chi connectivity index (χ0) is 9.54. The number of hydrogen-bond donors (Lipinski definition) is 1. The fourth-order valence-electron chi connectivity index (χ4n) is 1.68. The highest BCUT2D eigenvalue weighted by Crippen LogP contribution is 2.42. The van der Waals surface area contributed by atoms with Gasteiger partial charge < -0.3 is 5.73 Å². The molecule has 1 saturated carbocycles.